The average Bonchev–Trinajstić information content (AvgIpc) is 2.27. The molecule has 1 aliphatic rings. The van der Waals surface area contributed by atoms with Gasteiger partial charge in [0.1, 0.15) is 0 Å². The second kappa shape index (κ2) is 5.37. The molecule has 0 aliphatic heterocycles. The van der Waals surface area contributed by atoms with Crippen LogP contribution in [-0.2, 0) is 0 Å². The molecule has 1 rings (SSSR count). The van der Waals surface area contributed by atoms with E-state index in [1.807, 2.05) is 6.08 Å². The highest BCUT2D eigenvalue weighted by atomic mass is 35.5. The van der Waals surface area contributed by atoms with Gasteiger partial charge in [-0.3, -0.25) is 0 Å². The Morgan fingerprint density at radius 2 is 2.20 bits per heavy atom. The Morgan fingerprint density at radius 1 is 1.53 bits per heavy atom. The monoisotopic (exact) mass is 222 g/mol. The molecule has 15 heavy (non-hydrogen) atoms. The van der Waals surface area contributed by atoms with Crippen molar-refractivity contribution in [3.63, 3.8) is 0 Å². The summed E-state index contributed by atoms with van der Waals surface area (Å²) in [5, 5.41) is 0.918. The molecule has 0 N–H and O–H groups in total. The summed E-state index contributed by atoms with van der Waals surface area (Å²) in [6, 6.07) is 0. The fourth-order valence-corrected chi connectivity index (χ4v) is 1.87. The summed E-state index contributed by atoms with van der Waals surface area (Å²) in [7, 11) is 0. The summed E-state index contributed by atoms with van der Waals surface area (Å²) in [5.74, 6) is 0.533. The van der Waals surface area contributed by atoms with Crippen LogP contribution in [0.25, 0.3) is 0 Å². The Morgan fingerprint density at radius 3 is 2.80 bits per heavy atom. The van der Waals surface area contributed by atoms with E-state index in [9.17, 15) is 0 Å². The van der Waals surface area contributed by atoms with Crippen LogP contribution in [0.4, 0.5) is 0 Å². The molecule has 82 valence electrons. The molecule has 0 nitrogen and oxygen atoms in total. The van der Waals surface area contributed by atoms with Crippen LogP contribution in [0.15, 0.2) is 46.6 Å². The minimum Gasteiger partial charge on any atom is -0.0999 e. The first-order valence-corrected chi connectivity index (χ1v) is 5.74. The zero-order valence-electron chi connectivity index (χ0n) is 9.81. The van der Waals surface area contributed by atoms with Crippen LogP contribution in [-0.4, -0.2) is 0 Å². The van der Waals surface area contributed by atoms with Crippen molar-refractivity contribution in [1.82, 2.24) is 0 Å². The van der Waals surface area contributed by atoms with Crippen LogP contribution in [0.5, 0.6) is 0 Å². The molecule has 1 unspecified atom stereocenters. The third-order valence-electron chi connectivity index (χ3n) is 2.74. The number of rotatable bonds is 3. The molecule has 1 aliphatic carbocycles. The average molecular weight is 223 g/mol. The van der Waals surface area contributed by atoms with Crippen LogP contribution in [0.2, 0.25) is 0 Å². The van der Waals surface area contributed by atoms with Crippen molar-refractivity contribution in [2.45, 2.75) is 33.6 Å². The van der Waals surface area contributed by atoms with E-state index in [4.69, 9.17) is 11.6 Å². The summed E-state index contributed by atoms with van der Waals surface area (Å²) < 4.78 is 0. The molecule has 0 bridgehead atoms. The van der Waals surface area contributed by atoms with E-state index in [1.165, 1.54) is 16.7 Å². The normalized spacial score (nSPS) is 18.5. The van der Waals surface area contributed by atoms with Crippen LogP contribution in [0, 0.1) is 5.92 Å². The van der Waals surface area contributed by atoms with Gasteiger partial charge < -0.3 is 0 Å². The standard InChI is InChI=1S/C14H19Cl/c1-10(2)12(4)9-13-5-6-14(15)8-11(3)7-13/h5-7,12H,1,8-9H2,2-4H3. The van der Waals surface area contributed by atoms with Crippen molar-refractivity contribution in [2.75, 3.05) is 0 Å². The molecule has 0 aromatic heterocycles. The number of hydrogen-bond acceptors (Lipinski definition) is 0. The molecule has 0 saturated heterocycles. The van der Waals surface area contributed by atoms with E-state index in [-0.39, 0.29) is 0 Å². The Balaban J connectivity index is 2.77. The third-order valence-corrected chi connectivity index (χ3v) is 3.00. The molecule has 0 saturated carbocycles. The molecular formula is C14H19Cl. The zero-order chi connectivity index (χ0) is 11.4. The molecule has 1 atom stereocenters. The smallest absolute Gasteiger partial charge is 0.0221 e. The number of halogens is 1. The lowest BCUT2D eigenvalue weighted by atomic mass is 9.94. The molecule has 0 heterocycles. The summed E-state index contributed by atoms with van der Waals surface area (Å²) in [6.45, 7) is 10.4. The molecule has 1 heteroatoms. The Kier molecular flexibility index (Phi) is 4.41. The molecular weight excluding hydrogens is 204 g/mol. The van der Waals surface area contributed by atoms with Crippen molar-refractivity contribution < 1.29 is 0 Å². The lowest BCUT2D eigenvalue weighted by molar-refractivity contribution is 0.683. The van der Waals surface area contributed by atoms with Gasteiger partial charge in [-0.15, -0.1) is 0 Å². The SMILES string of the molecule is C=C(C)C(C)CC1=CC=C(Cl)CC(C)=C1. The van der Waals surface area contributed by atoms with E-state index in [0.717, 1.165) is 17.9 Å². The van der Waals surface area contributed by atoms with Gasteiger partial charge in [-0.2, -0.15) is 0 Å². The van der Waals surface area contributed by atoms with Crippen LogP contribution < -0.4 is 0 Å². The van der Waals surface area contributed by atoms with Gasteiger partial charge in [-0.1, -0.05) is 48.4 Å². The number of allylic oxidation sites excluding steroid dienone is 7. The molecule has 0 spiro atoms. The Hall–Kier alpha value is -0.750. The van der Waals surface area contributed by atoms with Crippen molar-refractivity contribution in [2.24, 2.45) is 5.92 Å². The first kappa shape index (κ1) is 12.3. The largest absolute Gasteiger partial charge is 0.0999 e. The second-order valence-electron chi connectivity index (χ2n) is 4.47. The van der Waals surface area contributed by atoms with Crippen molar-refractivity contribution >= 4 is 11.6 Å². The predicted octanol–water partition coefficient (Wildman–Crippen LogP) is 4.99. The van der Waals surface area contributed by atoms with Gasteiger partial charge in [0.25, 0.3) is 0 Å². The Labute approximate surface area is 98.0 Å². The Bertz CT molecular complexity index is 342. The maximum absolute atomic E-state index is 6.04. The molecule has 0 aromatic carbocycles. The highest BCUT2D eigenvalue weighted by Crippen LogP contribution is 2.25. The molecule has 0 amide bonds. The fraction of sp³-hybridized carbons (Fsp3) is 0.429. The zero-order valence-corrected chi connectivity index (χ0v) is 10.6. The van der Waals surface area contributed by atoms with Gasteiger partial charge in [-0.25, -0.2) is 0 Å². The highest BCUT2D eigenvalue weighted by molar-refractivity contribution is 6.29. The molecule has 0 fully saturated rings. The summed E-state index contributed by atoms with van der Waals surface area (Å²) in [6.07, 6.45) is 8.30. The van der Waals surface area contributed by atoms with E-state index in [0.29, 0.717) is 5.92 Å². The highest BCUT2D eigenvalue weighted by Gasteiger charge is 2.07. The van der Waals surface area contributed by atoms with Gasteiger partial charge in [-0.05, 0) is 37.8 Å². The predicted molar refractivity (Wildman–Crippen MR) is 69.0 cm³/mol. The van der Waals surface area contributed by atoms with Gasteiger partial charge >= 0.3 is 0 Å². The lowest BCUT2D eigenvalue weighted by Crippen LogP contribution is -1.96. The van der Waals surface area contributed by atoms with Crippen LogP contribution in [0.1, 0.15) is 33.6 Å². The van der Waals surface area contributed by atoms with E-state index in [1.54, 1.807) is 0 Å². The van der Waals surface area contributed by atoms with E-state index >= 15 is 0 Å². The van der Waals surface area contributed by atoms with Crippen LogP contribution in [0.3, 0.4) is 0 Å². The van der Waals surface area contributed by atoms with Crippen molar-refractivity contribution in [3.05, 3.63) is 46.6 Å². The molecule has 0 radical (unpaired) electrons. The van der Waals surface area contributed by atoms with Crippen molar-refractivity contribution in [3.8, 4) is 0 Å². The number of hydrogen-bond donors (Lipinski definition) is 0. The maximum atomic E-state index is 6.04. The van der Waals surface area contributed by atoms with E-state index in [2.05, 4.69) is 39.5 Å². The minimum absolute atomic E-state index is 0.533. The fourth-order valence-electron chi connectivity index (χ4n) is 1.59. The quantitative estimate of drug-likeness (QED) is 0.591. The minimum atomic E-state index is 0.533. The van der Waals surface area contributed by atoms with E-state index < -0.39 is 0 Å². The first-order valence-electron chi connectivity index (χ1n) is 5.37. The summed E-state index contributed by atoms with van der Waals surface area (Å²) in [5.41, 5.74) is 3.91. The van der Waals surface area contributed by atoms with Gasteiger partial charge in [0.05, 0.1) is 0 Å². The topological polar surface area (TPSA) is 0 Å². The third kappa shape index (κ3) is 4.09. The van der Waals surface area contributed by atoms with Crippen molar-refractivity contribution in [1.29, 1.82) is 0 Å². The van der Waals surface area contributed by atoms with Gasteiger partial charge in [0.2, 0.25) is 0 Å². The second-order valence-corrected chi connectivity index (χ2v) is 4.96. The molecule has 0 aromatic rings. The summed E-state index contributed by atoms with van der Waals surface area (Å²) in [4.78, 5) is 0. The van der Waals surface area contributed by atoms with Gasteiger partial charge in [0.15, 0.2) is 0 Å². The van der Waals surface area contributed by atoms with Gasteiger partial charge in [0, 0.05) is 11.5 Å². The first-order chi connectivity index (χ1) is 6.99. The summed E-state index contributed by atoms with van der Waals surface area (Å²) >= 11 is 6.04. The lowest BCUT2D eigenvalue weighted by Gasteiger charge is -2.11. The maximum Gasteiger partial charge on any atom is 0.0221 e. The van der Waals surface area contributed by atoms with Crippen LogP contribution >= 0.6 is 11.6 Å².